The first kappa shape index (κ1) is 24.7. The van der Waals surface area contributed by atoms with E-state index in [1.54, 1.807) is 11.0 Å². The molecule has 4 rings (SSSR count). The average molecular weight is 493 g/mol. The molecule has 0 aliphatic carbocycles. The predicted octanol–water partition coefficient (Wildman–Crippen LogP) is 3.95. The van der Waals surface area contributed by atoms with Crippen molar-refractivity contribution in [3.63, 3.8) is 0 Å². The molecular formula is C27H29ClN4O3. The molecule has 0 saturated carbocycles. The molecule has 0 bridgehead atoms. The topological polar surface area (TPSA) is 74.8 Å². The van der Waals surface area contributed by atoms with Crippen LogP contribution in [0.15, 0.2) is 72.9 Å². The molecule has 0 spiro atoms. The average Bonchev–Trinajstić information content (AvgIpc) is 2.90. The molecule has 1 unspecified atom stereocenters. The Morgan fingerprint density at radius 3 is 2.31 bits per heavy atom. The Hall–Kier alpha value is -3.42. The molecule has 7 nitrogen and oxygen atoms in total. The Balaban J connectivity index is 1.42. The zero-order valence-corrected chi connectivity index (χ0v) is 20.4. The summed E-state index contributed by atoms with van der Waals surface area (Å²) in [6.07, 6.45) is 1.50. The second-order valence-corrected chi connectivity index (χ2v) is 8.70. The van der Waals surface area contributed by atoms with Gasteiger partial charge >= 0.3 is 0 Å². The highest BCUT2D eigenvalue weighted by molar-refractivity contribution is 6.32. The van der Waals surface area contributed by atoms with Gasteiger partial charge in [0, 0.05) is 38.9 Å². The number of rotatable bonds is 8. The van der Waals surface area contributed by atoms with Crippen molar-refractivity contribution in [3.05, 3.63) is 94.6 Å². The van der Waals surface area contributed by atoms with E-state index in [0.717, 1.165) is 11.1 Å². The van der Waals surface area contributed by atoms with Crippen LogP contribution in [0.4, 0.5) is 0 Å². The predicted molar refractivity (Wildman–Crippen MR) is 135 cm³/mol. The van der Waals surface area contributed by atoms with Crippen LogP contribution in [0.25, 0.3) is 0 Å². The lowest BCUT2D eigenvalue weighted by Crippen LogP contribution is -2.52. The summed E-state index contributed by atoms with van der Waals surface area (Å²) >= 11 is 6.22. The fourth-order valence-electron chi connectivity index (χ4n) is 4.20. The third-order valence-corrected chi connectivity index (χ3v) is 6.25. The standard InChI is InChI=1S/C27H29ClN4O3/c1-2-35-26-23(28)17-22(19-30-26)27(34)32-15-13-31(14-16-32)24(21-11-7-4-8-12-21)25(33)29-18-20-9-5-3-6-10-20/h3-12,17,19,24H,2,13-16,18H2,1H3,(H,29,33). The summed E-state index contributed by atoms with van der Waals surface area (Å²) in [6.45, 7) is 4.90. The van der Waals surface area contributed by atoms with Crippen LogP contribution >= 0.6 is 11.6 Å². The summed E-state index contributed by atoms with van der Waals surface area (Å²) in [6, 6.07) is 20.8. The van der Waals surface area contributed by atoms with Crippen LogP contribution in [0, 0.1) is 0 Å². The molecule has 1 fully saturated rings. The molecule has 1 aliphatic rings. The fraction of sp³-hybridized carbons (Fsp3) is 0.296. The van der Waals surface area contributed by atoms with Gasteiger partial charge in [-0.3, -0.25) is 14.5 Å². The maximum atomic E-state index is 13.3. The van der Waals surface area contributed by atoms with Gasteiger partial charge in [-0.1, -0.05) is 72.3 Å². The van der Waals surface area contributed by atoms with Gasteiger partial charge < -0.3 is 15.0 Å². The quantitative estimate of drug-likeness (QED) is 0.515. The molecule has 1 aromatic heterocycles. The number of halogens is 1. The highest BCUT2D eigenvalue weighted by Crippen LogP contribution is 2.25. The second-order valence-electron chi connectivity index (χ2n) is 8.29. The van der Waals surface area contributed by atoms with Crippen molar-refractivity contribution < 1.29 is 14.3 Å². The Morgan fingerprint density at radius 1 is 1.03 bits per heavy atom. The number of hydrogen-bond acceptors (Lipinski definition) is 5. The lowest BCUT2D eigenvalue weighted by atomic mass is 10.0. The van der Waals surface area contributed by atoms with E-state index in [2.05, 4.69) is 15.2 Å². The largest absolute Gasteiger partial charge is 0.477 e. The number of carbonyl (C=O) groups excluding carboxylic acids is 2. The number of nitrogens with one attached hydrogen (secondary N) is 1. The number of amides is 2. The van der Waals surface area contributed by atoms with Gasteiger partial charge in [0.05, 0.1) is 12.2 Å². The van der Waals surface area contributed by atoms with Crippen LogP contribution in [0.2, 0.25) is 5.02 Å². The summed E-state index contributed by atoms with van der Waals surface area (Å²) in [5.41, 5.74) is 2.40. The van der Waals surface area contributed by atoms with Crippen LogP contribution < -0.4 is 10.1 Å². The summed E-state index contributed by atoms with van der Waals surface area (Å²) in [7, 11) is 0. The van der Waals surface area contributed by atoms with E-state index in [0.29, 0.717) is 55.8 Å². The number of pyridine rings is 1. The number of carbonyl (C=O) groups is 2. The van der Waals surface area contributed by atoms with Crippen LogP contribution in [0.5, 0.6) is 5.88 Å². The monoisotopic (exact) mass is 492 g/mol. The Bertz CT molecular complexity index is 1140. The van der Waals surface area contributed by atoms with E-state index in [1.165, 1.54) is 6.20 Å². The number of aromatic nitrogens is 1. The zero-order valence-electron chi connectivity index (χ0n) is 19.7. The van der Waals surface area contributed by atoms with E-state index >= 15 is 0 Å². The molecule has 8 heteroatoms. The zero-order chi connectivity index (χ0) is 24.6. The minimum absolute atomic E-state index is 0.0534. The van der Waals surface area contributed by atoms with Gasteiger partial charge in [0.15, 0.2) is 0 Å². The number of ether oxygens (including phenoxy) is 1. The normalized spacial score (nSPS) is 14.9. The van der Waals surface area contributed by atoms with E-state index < -0.39 is 6.04 Å². The second kappa shape index (κ2) is 11.8. The molecular weight excluding hydrogens is 464 g/mol. The molecule has 1 aliphatic heterocycles. The van der Waals surface area contributed by atoms with Gasteiger partial charge in [0.2, 0.25) is 11.8 Å². The summed E-state index contributed by atoms with van der Waals surface area (Å²) in [4.78, 5) is 34.4. The van der Waals surface area contributed by atoms with Gasteiger partial charge in [-0.25, -0.2) is 4.98 Å². The Morgan fingerprint density at radius 2 is 1.69 bits per heavy atom. The van der Waals surface area contributed by atoms with Crippen molar-refractivity contribution in [1.82, 2.24) is 20.1 Å². The molecule has 1 saturated heterocycles. The van der Waals surface area contributed by atoms with Crippen LogP contribution in [-0.2, 0) is 11.3 Å². The van der Waals surface area contributed by atoms with E-state index in [9.17, 15) is 9.59 Å². The first-order chi connectivity index (χ1) is 17.1. The van der Waals surface area contributed by atoms with E-state index in [4.69, 9.17) is 16.3 Å². The van der Waals surface area contributed by atoms with Gasteiger partial charge in [0.25, 0.3) is 5.91 Å². The first-order valence-electron chi connectivity index (χ1n) is 11.7. The van der Waals surface area contributed by atoms with E-state index in [-0.39, 0.29) is 11.8 Å². The SMILES string of the molecule is CCOc1ncc(C(=O)N2CCN(C(C(=O)NCc3ccccc3)c3ccccc3)CC2)cc1Cl. The van der Waals surface area contributed by atoms with Crippen molar-refractivity contribution in [2.45, 2.75) is 19.5 Å². The summed E-state index contributed by atoms with van der Waals surface area (Å²) in [5.74, 6) is 0.136. The molecule has 182 valence electrons. The van der Waals surface area contributed by atoms with E-state index in [1.807, 2.05) is 67.6 Å². The van der Waals surface area contributed by atoms with Crippen LogP contribution in [0.1, 0.15) is 34.5 Å². The Labute approximate surface area is 210 Å². The molecule has 1 N–H and O–H groups in total. The smallest absolute Gasteiger partial charge is 0.255 e. The van der Waals surface area contributed by atoms with Crippen molar-refractivity contribution in [2.75, 3.05) is 32.8 Å². The van der Waals surface area contributed by atoms with Gasteiger partial charge in [-0.15, -0.1) is 0 Å². The number of hydrogen-bond donors (Lipinski definition) is 1. The van der Waals surface area contributed by atoms with Gasteiger partial charge in [-0.2, -0.15) is 0 Å². The van der Waals surface area contributed by atoms with Crippen molar-refractivity contribution in [1.29, 1.82) is 0 Å². The van der Waals surface area contributed by atoms with Gasteiger partial charge in [-0.05, 0) is 24.1 Å². The third-order valence-electron chi connectivity index (χ3n) is 5.98. The number of nitrogens with zero attached hydrogens (tertiary/aromatic N) is 3. The summed E-state index contributed by atoms with van der Waals surface area (Å²) in [5, 5.41) is 3.40. The van der Waals surface area contributed by atoms with Gasteiger partial charge in [0.1, 0.15) is 11.1 Å². The maximum Gasteiger partial charge on any atom is 0.255 e. The minimum Gasteiger partial charge on any atom is -0.477 e. The molecule has 2 heterocycles. The van der Waals surface area contributed by atoms with Crippen LogP contribution in [-0.4, -0.2) is 59.4 Å². The number of piperazine rings is 1. The summed E-state index contributed by atoms with van der Waals surface area (Å²) < 4.78 is 5.36. The first-order valence-corrected chi connectivity index (χ1v) is 12.1. The molecule has 2 amide bonds. The highest BCUT2D eigenvalue weighted by Gasteiger charge is 2.32. The molecule has 35 heavy (non-hydrogen) atoms. The fourth-order valence-corrected chi connectivity index (χ4v) is 4.42. The lowest BCUT2D eigenvalue weighted by Gasteiger charge is -2.38. The van der Waals surface area contributed by atoms with Crippen LogP contribution in [0.3, 0.4) is 0 Å². The van der Waals surface area contributed by atoms with Crippen molar-refractivity contribution >= 4 is 23.4 Å². The minimum atomic E-state index is -0.432. The molecule has 1 atom stereocenters. The highest BCUT2D eigenvalue weighted by atomic mass is 35.5. The third kappa shape index (κ3) is 6.18. The van der Waals surface area contributed by atoms with Crippen molar-refractivity contribution in [2.24, 2.45) is 0 Å². The maximum absolute atomic E-state index is 13.3. The number of benzene rings is 2. The van der Waals surface area contributed by atoms with Crippen molar-refractivity contribution in [3.8, 4) is 5.88 Å². The molecule has 0 radical (unpaired) electrons. The Kier molecular flexibility index (Phi) is 8.34. The molecule has 3 aromatic rings. The lowest BCUT2D eigenvalue weighted by molar-refractivity contribution is -0.127. The molecule has 2 aromatic carbocycles.